The molecule has 5 heteroatoms. The summed E-state index contributed by atoms with van der Waals surface area (Å²) < 4.78 is 0. The summed E-state index contributed by atoms with van der Waals surface area (Å²) in [6, 6.07) is 5.48. The zero-order valence-corrected chi connectivity index (χ0v) is 10.9. The molecule has 0 radical (unpaired) electrons. The van der Waals surface area contributed by atoms with Crippen LogP contribution in [0.1, 0.15) is 36.5 Å². The van der Waals surface area contributed by atoms with Crippen molar-refractivity contribution in [3.63, 3.8) is 0 Å². The van der Waals surface area contributed by atoms with Gasteiger partial charge in [-0.25, -0.2) is 4.79 Å². The standard InChI is InChI=1S/C13H16ClNO3/c1-2-3-4-11(13(17)18)15-12(16)9-5-7-10(14)8-6-9/h5-8,11H,2-4H2,1H3,(H,15,16)(H,17,18)/t11-/m0/s1. The first kappa shape index (κ1) is 14.5. The van der Waals surface area contributed by atoms with Crippen molar-refractivity contribution in [1.82, 2.24) is 5.32 Å². The van der Waals surface area contributed by atoms with Crippen LogP contribution in [0.2, 0.25) is 5.02 Å². The molecule has 0 aromatic heterocycles. The van der Waals surface area contributed by atoms with E-state index in [1.165, 1.54) is 0 Å². The number of carbonyl (C=O) groups excluding carboxylic acids is 1. The molecule has 1 amide bonds. The number of benzene rings is 1. The maximum absolute atomic E-state index is 11.8. The Balaban J connectivity index is 2.66. The molecule has 0 aliphatic rings. The lowest BCUT2D eigenvalue weighted by molar-refractivity contribution is -0.139. The molecular weight excluding hydrogens is 254 g/mol. The topological polar surface area (TPSA) is 66.4 Å². The fraction of sp³-hybridized carbons (Fsp3) is 0.385. The summed E-state index contributed by atoms with van der Waals surface area (Å²) in [5, 5.41) is 12.0. The summed E-state index contributed by atoms with van der Waals surface area (Å²) in [6.45, 7) is 1.97. The van der Waals surface area contributed by atoms with Gasteiger partial charge < -0.3 is 10.4 Å². The van der Waals surface area contributed by atoms with Gasteiger partial charge in [-0.05, 0) is 30.7 Å². The second kappa shape index (κ2) is 7.01. The van der Waals surface area contributed by atoms with Crippen LogP contribution in [-0.4, -0.2) is 23.0 Å². The number of carboxylic acid groups (broad SMARTS) is 1. The van der Waals surface area contributed by atoms with Crippen molar-refractivity contribution in [2.45, 2.75) is 32.2 Å². The second-order valence-electron chi connectivity index (χ2n) is 4.01. The molecule has 1 aromatic carbocycles. The summed E-state index contributed by atoms with van der Waals surface area (Å²) in [5.41, 5.74) is 0.405. The van der Waals surface area contributed by atoms with Crippen LogP contribution in [0.25, 0.3) is 0 Å². The molecule has 0 saturated heterocycles. The van der Waals surface area contributed by atoms with Crippen LogP contribution in [0.4, 0.5) is 0 Å². The van der Waals surface area contributed by atoms with Crippen molar-refractivity contribution in [1.29, 1.82) is 0 Å². The number of unbranched alkanes of at least 4 members (excludes halogenated alkanes) is 1. The van der Waals surface area contributed by atoms with Gasteiger partial charge in [-0.15, -0.1) is 0 Å². The van der Waals surface area contributed by atoms with E-state index in [4.69, 9.17) is 16.7 Å². The normalized spacial score (nSPS) is 11.9. The minimum atomic E-state index is -1.01. The zero-order chi connectivity index (χ0) is 13.5. The van der Waals surface area contributed by atoms with Crippen LogP contribution in [0.15, 0.2) is 24.3 Å². The van der Waals surface area contributed by atoms with Crippen LogP contribution < -0.4 is 5.32 Å². The van der Waals surface area contributed by atoms with Crippen LogP contribution in [-0.2, 0) is 4.79 Å². The minimum absolute atomic E-state index is 0.393. The Bertz CT molecular complexity index is 417. The Morgan fingerprint density at radius 3 is 2.44 bits per heavy atom. The molecule has 0 unspecified atom stereocenters. The smallest absolute Gasteiger partial charge is 0.326 e. The van der Waals surface area contributed by atoms with Crippen LogP contribution in [0.5, 0.6) is 0 Å². The van der Waals surface area contributed by atoms with Gasteiger partial charge in [-0.2, -0.15) is 0 Å². The van der Waals surface area contributed by atoms with Crippen LogP contribution in [0.3, 0.4) is 0 Å². The highest BCUT2D eigenvalue weighted by molar-refractivity contribution is 6.30. The monoisotopic (exact) mass is 269 g/mol. The van der Waals surface area contributed by atoms with E-state index in [1.54, 1.807) is 24.3 Å². The minimum Gasteiger partial charge on any atom is -0.480 e. The molecule has 0 saturated carbocycles. The highest BCUT2D eigenvalue weighted by Crippen LogP contribution is 2.10. The van der Waals surface area contributed by atoms with Crippen LogP contribution in [0, 0.1) is 0 Å². The molecule has 18 heavy (non-hydrogen) atoms. The van der Waals surface area contributed by atoms with Gasteiger partial charge >= 0.3 is 5.97 Å². The molecule has 0 spiro atoms. The number of carboxylic acids is 1. The number of nitrogens with one attached hydrogen (secondary N) is 1. The fourth-order valence-corrected chi connectivity index (χ4v) is 1.63. The highest BCUT2D eigenvalue weighted by Gasteiger charge is 2.19. The SMILES string of the molecule is CCCC[C@H](NC(=O)c1ccc(Cl)cc1)C(=O)O. The number of rotatable bonds is 6. The van der Waals surface area contributed by atoms with E-state index in [0.29, 0.717) is 17.0 Å². The van der Waals surface area contributed by atoms with Crippen molar-refractivity contribution < 1.29 is 14.7 Å². The molecule has 0 aliphatic heterocycles. The van der Waals surface area contributed by atoms with Gasteiger partial charge in [0.15, 0.2) is 0 Å². The lowest BCUT2D eigenvalue weighted by Gasteiger charge is -2.14. The molecule has 1 atom stereocenters. The average molecular weight is 270 g/mol. The quantitative estimate of drug-likeness (QED) is 0.834. The Kier molecular flexibility index (Phi) is 5.65. The van der Waals surface area contributed by atoms with E-state index >= 15 is 0 Å². The van der Waals surface area contributed by atoms with Gasteiger partial charge in [0.2, 0.25) is 0 Å². The molecule has 0 aliphatic carbocycles. The van der Waals surface area contributed by atoms with E-state index in [0.717, 1.165) is 12.8 Å². The van der Waals surface area contributed by atoms with Gasteiger partial charge in [-0.3, -0.25) is 4.79 Å². The molecule has 0 bridgehead atoms. The lowest BCUT2D eigenvalue weighted by atomic mass is 10.1. The summed E-state index contributed by atoms with van der Waals surface area (Å²) in [5.74, 6) is -1.40. The van der Waals surface area contributed by atoms with Gasteiger partial charge in [0, 0.05) is 10.6 Å². The van der Waals surface area contributed by atoms with E-state index in [2.05, 4.69) is 5.32 Å². The van der Waals surface area contributed by atoms with E-state index in [-0.39, 0.29) is 0 Å². The molecule has 2 N–H and O–H groups in total. The van der Waals surface area contributed by atoms with Gasteiger partial charge in [0.25, 0.3) is 5.91 Å². The number of halogens is 1. The summed E-state index contributed by atoms with van der Waals surface area (Å²) in [7, 11) is 0. The second-order valence-corrected chi connectivity index (χ2v) is 4.45. The van der Waals surface area contributed by atoms with Crippen molar-refractivity contribution in [3.05, 3.63) is 34.9 Å². The Morgan fingerprint density at radius 1 is 1.33 bits per heavy atom. The molecule has 0 fully saturated rings. The third kappa shape index (κ3) is 4.37. The Labute approximate surface area is 111 Å². The van der Waals surface area contributed by atoms with E-state index < -0.39 is 17.9 Å². The maximum Gasteiger partial charge on any atom is 0.326 e. The van der Waals surface area contributed by atoms with Crippen molar-refractivity contribution in [3.8, 4) is 0 Å². The van der Waals surface area contributed by atoms with E-state index in [9.17, 15) is 9.59 Å². The third-order valence-corrected chi connectivity index (χ3v) is 2.81. The van der Waals surface area contributed by atoms with Gasteiger partial charge in [0.1, 0.15) is 6.04 Å². The first-order valence-electron chi connectivity index (χ1n) is 5.83. The summed E-state index contributed by atoms with van der Waals surface area (Å²) in [4.78, 5) is 22.8. The Morgan fingerprint density at radius 2 is 1.94 bits per heavy atom. The van der Waals surface area contributed by atoms with Crippen LogP contribution >= 0.6 is 11.6 Å². The molecule has 98 valence electrons. The highest BCUT2D eigenvalue weighted by atomic mass is 35.5. The van der Waals surface area contributed by atoms with Crippen molar-refractivity contribution >= 4 is 23.5 Å². The predicted molar refractivity (Wildman–Crippen MR) is 69.9 cm³/mol. The zero-order valence-electron chi connectivity index (χ0n) is 10.1. The average Bonchev–Trinajstić information content (AvgIpc) is 2.34. The largest absolute Gasteiger partial charge is 0.480 e. The van der Waals surface area contributed by atoms with Crippen molar-refractivity contribution in [2.75, 3.05) is 0 Å². The fourth-order valence-electron chi connectivity index (χ4n) is 1.51. The number of hydrogen-bond acceptors (Lipinski definition) is 2. The van der Waals surface area contributed by atoms with Gasteiger partial charge in [-0.1, -0.05) is 31.4 Å². The van der Waals surface area contributed by atoms with Gasteiger partial charge in [0.05, 0.1) is 0 Å². The third-order valence-electron chi connectivity index (χ3n) is 2.56. The maximum atomic E-state index is 11.8. The number of carbonyl (C=O) groups is 2. The summed E-state index contributed by atoms with van der Waals surface area (Å²) >= 11 is 5.72. The molecule has 1 aromatic rings. The lowest BCUT2D eigenvalue weighted by Crippen LogP contribution is -2.40. The molecule has 4 nitrogen and oxygen atoms in total. The van der Waals surface area contributed by atoms with Crippen molar-refractivity contribution in [2.24, 2.45) is 0 Å². The number of aliphatic carboxylic acids is 1. The molecular formula is C13H16ClNO3. The predicted octanol–water partition coefficient (Wildman–Crippen LogP) is 2.71. The summed E-state index contributed by atoms with van der Waals surface area (Å²) in [6.07, 6.45) is 2.09. The first-order valence-corrected chi connectivity index (χ1v) is 6.21. The van der Waals surface area contributed by atoms with E-state index in [1.807, 2.05) is 6.92 Å². The molecule has 0 heterocycles. The Hall–Kier alpha value is -1.55. The number of hydrogen-bond donors (Lipinski definition) is 2. The molecule has 1 rings (SSSR count). The number of amides is 1. The first-order chi connectivity index (χ1) is 8.54.